The lowest BCUT2D eigenvalue weighted by molar-refractivity contribution is 0.227. The zero-order chi connectivity index (χ0) is 22.3. The highest BCUT2D eigenvalue weighted by Gasteiger charge is 2.25. The van der Waals surface area contributed by atoms with E-state index in [0.717, 1.165) is 42.6 Å². The number of ether oxygens (including phenoxy) is 1. The molecule has 4 rings (SSSR count). The minimum absolute atomic E-state index is 0.0151. The molecule has 1 aliphatic rings. The van der Waals surface area contributed by atoms with Crippen molar-refractivity contribution in [2.75, 3.05) is 25.4 Å². The van der Waals surface area contributed by atoms with Crippen LogP contribution in [0.4, 0.5) is 14.6 Å². The first-order valence-corrected chi connectivity index (χ1v) is 10.6. The highest BCUT2D eigenvalue weighted by Crippen LogP contribution is 2.41. The molecular weight excluding hydrogens is 447 g/mol. The first-order chi connectivity index (χ1) is 14.8. The molecule has 0 fully saturated rings. The summed E-state index contributed by atoms with van der Waals surface area (Å²) in [6, 6.07) is 0.633. The number of rotatable bonds is 5. The number of anilines is 1. The summed E-state index contributed by atoms with van der Waals surface area (Å²) in [5, 5.41) is 0.117. The monoisotopic (exact) mass is 467 g/mol. The molecule has 0 aliphatic carbocycles. The highest BCUT2D eigenvalue weighted by atomic mass is 35.5. The van der Waals surface area contributed by atoms with Crippen LogP contribution in [0, 0.1) is 11.6 Å². The number of furan rings is 1. The van der Waals surface area contributed by atoms with Crippen molar-refractivity contribution in [1.29, 1.82) is 0 Å². The molecular formula is C22H21Cl2F2N3O2. The van der Waals surface area contributed by atoms with Gasteiger partial charge in [-0.3, -0.25) is 4.90 Å². The maximum atomic E-state index is 14.0. The number of halogens is 4. The van der Waals surface area contributed by atoms with Gasteiger partial charge in [0.05, 0.1) is 21.7 Å². The second-order valence-electron chi connectivity index (χ2n) is 7.38. The lowest BCUT2D eigenvalue weighted by Crippen LogP contribution is -2.27. The molecule has 3 aromatic rings. The Kier molecular flexibility index (Phi) is 6.10. The van der Waals surface area contributed by atoms with Gasteiger partial charge in [0.15, 0.2) is 11.4 Å². The number of nitrogens with two attached hydrogens (primary N) is 1. The van der Waals surface area contributed by atoms with Crippen molar-refractivity contribution in [3.63, 3.8) is 0 Å². The van der Waals surface area contributed by atoms with Crippen LogP contribution < -0.4 is 10.5 Å². The fourth-order valence-electron chi connectivity index (χ4n) is 3.77. The van der Waals surface area contributed by atoms with Crippen LogP contribution in [-0.4, -0.2) is 29.5 Å². The highest BCUT2D eigenvalue weighted by molar-refractivity contribution is 6.36. The maximum absolute atomic E-state index is 14.0. The van der Waals surface area contributed by atoms with Crippen molar-refractivity contribution in [3.8, 4) is 5.75 Å². The van der Waals surface area contributed by atoms with E-state index >= 15 is 0 Å². The van der Waals surface area contributed by atoms with Crippen LogP contribution in [0.15, 0.2) is 29.0 Å². The van der Waals surface area contributed by atoms with Crippen molar-refractivity contribution in [1.82, 2.24) is 9.88 Å². The SMILES string of the molecule is CCN1CC=C(c2coc3c(O[C@H](C)c4c(Cl)c(F)cc(F)c4Cl)c(N)ncc23)CC1. The van der Waals surface area contributed by atoms with Crippen LogP contribution in [0.2, 0.25) is 10.0 Å². The Labute approximate surface area is 188 Å². The standard InChI is InChI=1S/C22H21Cl2F2N3O2/c1-3-29-6-4-12(5-7-29)14-10-30-20-13(14)9-28-22(27)21(20)31-11(2)17-18(23)15(25)8-16(26)19(17)24/h4,8-11H,3,5-7H2,1-2H3,(H2,27,28)/t11-/m1/s1. The normalized spacial score (nSPS) is 15.9. The molecule has 1 aromatic carbocycles. The maximum Gasteiger partial charge on any atom is 0.205 e. The predicted octanol–water partition coefficient (Wildman–Crippen LogP) is 6.24. The molecule has 2 aromatic heterocycles. The summed E-state index contributed by atoms with van der Waals surface area (Å²) in [5.74, 6) is -1.60. The Morgan fingerprint density at radius 2 is 2.00 bits per heavy atom. The average molecular weight is 468 g/mol. The Morgan fingerprint density at radius 3 is 2.61 bits per heavy atom. The molecule has 5 nitrogen and oxygen atoms in total. The summed E-state index contributed by atoms with van der Waals surface area (Å²) in [6.45, 7) is 6.52. The number of nitrogens with zero attached hydrogens (tertiary/aromatic N) is 2. The topological polar surface area (TPSA) is 64.5 Å². The van der Waals surface area contributed by atoms with Gasteiger partial charge in [-0.15, -0.1) is 0 Å². The molecule has 9 heteroatoms. The van der Waals surface area contributed by atoms with Crippen LogP contribution in [-0.2, 0) is 0 Å². The Hall–Kier alpha value is -2.35. The largest absolute Gasteiger partial charge is 0.478 e. The second kappa shape index (κ2) is 8.65. The van der Waals surface area contributed by atoms with Gasteiger partial charge in [0.1, 0.15) is 17.7 Å². The van der Waals surface area contributed by atoms with E-state index in [2.05, 4.69) is 22.9 Å². The molecule has 0 saturated carbocycles. The van der Waals surface area contributed by atoms with Gasteiger partial charge in [-0.05, 0) is 25.5 Å². The summed E-state index contributed by atoms with van der Waals surface area (Å²) in [6.07, 6.45) is 5.42. The van der Waals surface area contributed by atoms with Crippen LogP contribution >= 0.6 is 23.2 Å². The smallest absolute Gasteiger partial charge is 0.205 e. The van der Waals surface area contributed by atoms with E-state index in [-0.39, 0.29) is 27.2 Å². The van der Waals surface area contributed by atoms with Gasteiger partial charge in [-0.25, -0.2) is 13.8 Å². The van der Waals surface area contributed by atoms with E-state index in [4.69, 9.17) is 38.1 Å². The Morgan fingerprint density at radius 1 is 1.29 bits per heavy atom. The van der Waals surface area contributed by atoms with Crippen molar-refractivity contribution < 1.29 is 17.9 Å². The van der Waals surface area contributed by atoms with Gasteiger partial charge in [-0.2, -0.15) is 0 Å². The third-order valence-electron chi connectivity index (χ3n) is 5.53. The fourth-order valence-corrected chi connectivity index (χ4v) is 4.42. The van der Waals surface area contributed by atoms with Crippen molar-refractivity contribution >= 4 is 45.6 Å². The van der Waals surface area contributed by atoms with E-state index in [1.54, 1.807) is 19.4 Å². The van der Waals surface area contributed by atoms with Crippen molar-refractivity contribution in [3.05, 3.63) is 57.4 Å². The summed E-state index contributed by atoms with van der Waals surface area (Å²) >= 11 is 12.1. The predicted molar refractivity (Wildman–Crippen MR) is 119 cm³/mol. The number of hydrogen-bond acceptors (Lipinski definition) is 5. The van der Waals surface area contributed by atoms with Gasteiger partial charge in [0.2, 0.25) is 5.75 Å². The quantitative estimate of drug-likeness (QED) is 0.449. The minimum Gasteiger partial charge on any atom is -0.478 e. The zero-order valence-electron chi connectivity index (χ0n) is 17.0. The lowest BCUT2D eigenvalue weighted by atomic mass is 9.99. The zero-order valence-corrected chi connectivity index (χ0v) is 18.5. The third kappa shape index (κ3) is 3.97. The molecule has 3 heterocycles. The Balaban J connectivity index is 1.72. The van der Waals surface area contributed by atoms with Gasteiger partial charge >= 0.3 is 0 Å². The number of nitrogen functional groups attached to an aromatic ring is 1. The number of pyridine rings is 1. The molecule has 0 amide bonds. The number of fused-ring (bicyclic) bond motifs is 1. The van der Waals surface area contributed by atoms with E-state index in [9.17, 15) is 8.78 Å². The molecule has 0 radical (unpaired) electrons. The fraction of sp³-hybridized carbons (Fsp3) is 0.318. The second-order valence-corrected chi connectivity index (χ2v) is 8.14. The van der Waals surface area contributed by atoms with E-state index in [0.29, 0.717) is 11.6 Å². The molecule has 31 heavy (non-hydrogen) atoms. The summed E-state index contributed by atoms with van der Waals surface area (Å²) < 4.78 is 39.7. The van der Waals surface area contributed by atoms with Gasteiger partial charge in [-0.1, -0.05) is 36.2 Å². The van der Waals surface area contributed by atoms with Gasteiger partial charge < -0.3 is 14.9 Å². The number of aromatic nitrogens is 1. The average Bonchev–Trinajstić information content (AvgIpc) is 3.19. The summed E-state index contributed by atoms with van der Waals surface area (Å²) in [4.78, 5) is 6.57. The van der Waals surface area contributed by atoms with Crippen LogP contribution in [0.1, 0.15) is 37.5 Å². The number of benzene rings is 1. The number of likely N-dealkylation sites (N-methyl/N-ethyl adjacent to an activating group) is 1. The summed E-state index contributed by atoms with van der Waals surface area (Å²) in [5.41, 5.74) is 8.51. The molecule has 2 N–H and O–H groups in total. The lowest BCUT2D eigenvalue weighted by Gasteiger charge is -2.24. The van der Waals surface area contributed by atoms with Gasteiger partial charge in [0, 0.05) is 36.5 Å². The summed E-state index contributed by atoms with van der Waals surface area (Å²) in [7, 11) is 0. The molecule has 1 aliphatic heterocycles. The molecule has 164 valence electrons. The van der Waals surface area contributed by atoms with E-state index in [1.165, 1.54) is 0 Å². The van der Waals surface area contributed by atoms with Crippen LogP contribution in [0.5, 0.6) is 5.75 Å². The molecule has 0 unspecified atom stereocenters. The van der Waals surface area contributed by atoms with Crippen molar-refractivity contribution in [2.45, 2.75) is 26.4 Å². The third-order valence-corrected chi connectivity index (χ3v) is 6.30. The van der Waals surface area contributed by atoms with E-state index in [1.807, 2.05) is 0 Å². The van der Waals surface area contributed by atoms with Crippen LogP contribution in [0.25, 0.3) is 16.5 Å². The molecule has 0 bridgehead atoms. The molecule has 0 saturated heterocycles. The van der Waals surface area contributed by atoms with Crippen LogP contribution in [0.3, 0.4) is 0 Å². The first-order valence-electron chi connectivity index (χ1n) is 9.88. The molecule has 1 atom stereocenters. The molecule has 0 spiro atoms. The van der Waals surface area contributed by atoms with Gasteiger partial charge in [0.25, 0.3) is 0 Å². The minimum atomic E-state index is -0.927. The van der Waals surface area contributed by atoms with E-state index < -0.39 is 17.7 Å². The number of hydrogen-bond donors (Lipinski definition) is 1. The Bertz CT molecular complexity index is 1150. The van der Waals surface area contributed by atoms with Crippen molar-refractivity contribution in [2.24, 2.45) is 0 Å². The first kappa shape index (κ1) is 21.9.